The molecular weight excluding hydrogens is 290 g/mol. The predicted molar refractivity (Wildman–Crippen MR) is 106 cm³/mol. The van der Waals surface area contributed by atoms with Crippen LogP contribution in [0.5, 0.6) is 0 Å². The summed E-state index contributed by atoms with van der Waals surface area (Å²) < 4.78 is 0. The Kier molecular flexibility index (Phi) is 6.62. The molecule has 0 aliphatic heterocycles. The topological polar surface area (TPSA) is 35.0 Å². The Balaban J connectivity index is 0.000000670. The Morgan fingerprint density at radius 2 is 1.58 bits per heavy atom. The largest absolute Gasteiger partial charge is 0.344 e. The van der Waals surface area contributed by atoms with Crippen LogP contribution in [0.3, 0.4) is 0 Å². The maximum absolute atomic E-state index is 2.64. The molecule has 4 rings (SSSR count). The number of hydrogen-bond donors (Lipinski definition) is 1. The third-order valence-electron chi connectivity index (χ3n) is 8.24. The lowest BCUT2D eigenvalue weighted by molar-refractivity contribution is -0.0500. The number of allylic oxidation sites excluding steroid dienone is 2. The molecule has 5 unspecified atom stereocenters. The zero-order chi connectivity index (χ0) is 16.6. The van der Waals surface area contributed by atoms with E-state index in [1.54, 1.807) is 12.8 Å². The number of rotatable bonds is 0. The summed E-state index contributed by atoms with van der Waals surface area (Å²) in [5, 5.41) is 0. The smallest absolute Gasteiger partial charge is 0.0176 e. The molecule has 8 atom stereocenters. The SMILES string of the molecule is CC.CC1C=CC2C(CC1)C1CC[C@]3(C)CCC[C@H]3C1C[C@H]2C.N. The summed E-state index contributed by atoms with van der Waals surface area (Å²) in [5.41, 5.74) is 0.724. The van der Waals surface area contributed by atoms with E-state index in [0.29, 0.717) is 0 Å². The molecule has 0 bridgehead atoms. The van der Waals surface area contributed by atoms with Gasteiger partial charge in [0, 0.05) is 0 Å². The molecule has 0 aromatic rings. The van der Waals surface area contributed by atoms with Crippen molar-refractivity contribution in [2.75, 3.05) is 0 Å². The van der Waals surface area contributed by atoms with Crippen LogP contribution in [0.15, 0.2) is 12.2 Å². The molecule has 3 fully saturated rings. The molecule has 1 heteroatoms. The fourth-order valence-corrected chi connectivity index (χ4v) is 7.08. The molecule has 0 aromatic carbocycles. The Hall–Kier alpha value is -0.300. The Labute approximate surface area is 151 Å². The summed E-state index contributed by atoms with van der Waals surface area (Å²) in [4.78, 5) is 0. The van der Waals surface area contributed by atoms with Crippen LogP contribution in [0, 0.1) is 46.8 Å². The van der Waals surface area contributed by atoms with E-state index in [4.69, 9.17) is 0 Å². The summed E-state index contributed by atoms with van der Waals surface area (Å²) in [5.74, 6) is 6.89. The van der Waals surface area contributed by atoms with Gasteiger partial charge in [-0.3, -0.25) is 0 Å². The molecule has 0 aromatic heterocycles. The van der Waals surface area contributed by atoms with Gasteiger partial charge in [0.15, 0.2) is 0 Å². The highest BCUT2D eigenvalue weighted by molar-refractivity contribution is 5.08. The van der Waals surface area contributed by atoms with Crippen molar-refractivity contribution >= 4 is 0 Å². The van der Waals surface area contributed by atoms with Gasteiger partial charge in [0.25, 0.3) is 0 Å². The van der Waals surface area contributed by atoms with Gasteiger partial charge in [-0.05, 0) is 91.8 Å². The lowest BCUT2D eigenvalue weighted by Gasteiger charge is -2.55. The minimum Gasteiger partial charge on any atom is -0.344 e. The molecule has 3 N–H and O–H groups in total. The summed E-state index contributed by atoms with van der Waals surface area (Å²) >= 11 is 0. The molecule has 0 radical (unpaired) electrons. The lowest BCUT2D eigenvalue weighted by atomic mass is 9.50. The van der Waals surface area contributed by atoms with E-state index in [9.17, 15) is 0 Å². The van der Waals surface area contributed by atoms with E-state index >= 15 is 0 Å². The van der Waals surface area contributed by atoms with Crippen LogP contribution in [-0.2, 0) is 0 Å². The molecule has 3 saturated carbocycles. The third kappa shape index (κ3) is 3.35. The standard InChI is InChI=1S/C21H34.C2H6.H3N/c1-14-6-8-16-15(2)13-19-18(17(16)9-7-14)10-12-21(3)11-4-5-20(19)21;1-2;/h6,8,14-20H,4-5,7,9-13H2,1-3H3;1-2H3;1H3/t14?,15-,16?,17?,18?,19?,20+,21+;;/m1../s1. The normalized spacial score (nSPS) is 49.5. The first-order chi connectivity index (χ1) is 11.1. The Morgan fingerprint density at radius 1 is 0.833 bits per heavy atom. The van der Waals surface area contributed by atoms with Gasteiger partial charge in [-0.1, -0.05) is 53.2 Å². The average molecular weight is 334 g/mol. The van der Waals surface area contributed by atoms with Gasteiger partial charge >= 0.3 is 0 Å². The van der Waals surface area contributed by atoms with Crippen molar-refractivity contribution in [3.63, 3.8) is 0 Å². The maximum atomic E-state index is 2.64. The van der Waals surface area contributed by atoms with E-state index in [-0.39, 0.29) is 6.15 Å². The highest BCUT2D eigenvalue weighted by atomic mass is 14.6. The van der Waals surface area contributed by atoms with E-state index in [2.05, 4.69) is 32.9 Å². The van der Waals surface area contributed by atoms with E-state index in [1.165, 1.54) is 38.5 Å². The molecular formula is C23H43N. The molecule has 0 saturated heterocycles. The van der Waals surface area contributed by atoms with Gasteiger partial charge in [0.05, 0.1) is 0 Å². The second kappa shape index (κ2) is 7.94. The van der Waals surface area contributed by atoms with Gasteiger partial charge in [-0.25, -0.2) is 0 Å². The van der Waals surface area contributed by atoms with Crippen molar-refractivity contribution in [3.05, 3.63) is 12.2 Å². The van der Waals surface area contributed by atoms with Crippen molar-refractivity contribution in [1.29, 1.82) is 0 Å². The third-order valence-corrected chi connectivity index (χ3v) is 8.24. The van der Waals surface area contributed by atoms with Gasteiger partial charge in [-0.15, -0.1) is 0 Å². The van der Waals surface area contributed by atoms with Crippen LogP contribution < -0.4 is 6.15 Å². The average Bonchev–Trinajstić information content (AvgIpc) is 2.84. The molecule has 1 nitrogen and oxygen atoms in total. The molecule has 0 heterocycles. The fourth-order valence-electron chi connectivity index (χ4n) is 7.08. The van der Waals surface area contributed by atoms with Gasteiger partial charge in [0.2, 0.25) is 0 Å². The zero-order valence-corrected chi connectivity index (χ0v) is 17.1. The molecule has 0 spiro atoms. The second-order valence-electron chi connectivity index (χ2n) is 9.41. The van der Waals surface area contributed by atoms with Crippen LogP contribution >= 0.6 is 0 Å². The van der Waals surface area contributed by atoms with Crippen LogP contribution in [0.1, 0.15) is 86.0 Å². The molecule has 4 aliphatic carbocycles. The maximum Gasteiger partial charge on any atom is -0.0176 e. The van der Waals surface area contributed by atoms with Crippen LogP contribution in [0.4, 0.5) is 0 Å². The van der Waals surface area contributed by atoms with Crippen molar-refractivity contribution in [2.45, 2.75) is 86.0 Å². The first kappa shape index (κ1) is 20.0. The van der Waals surface area contributed by atoms with Crippen molar-refractivity contribution in [3.8, 4) is 0 Å². The molecule has 4 aliphatic rings. The molecule has 140 valence electrons. The van der Waals surface area contributed by atoms with Crippen molar-refractivity contribution in [1.82, 2.24) is 6.15 Å². The summed E-state index contributed by atoms with van der Waals surface area (Å²) in [6.45, 7) is 11.6. The van der Waals surface area contributed by atoms with Crippen LogP contribution in [0.25, 0.3) is 0 Å². The molecule has 24 heavy (non-hydrogen) atoms. The number of fused-ring (bicyclic) bond motifs is 5. The minimum absolute atomic E-state index is 0. The predicted octanol–water partition coefficient (Wildman–Crippen LogP) is 7.27. The highest BCUT2D eigenvalue weighted by Gasteiger charge is 2.53. The van der Waals surface area contributed by atoms with E-state index in [1.807, 2.05) is 13.8 Å². The summed E-state index contributed by atoms with van der Waals surface area (Å²) in [6, 6.07) is 0. The monoisotopic (exact) mass is 333 g/mol. The van der Waals surface area contributed by atoms with Crippen molar-refractivity contribution < 1.29 is 0 Å². The van der Waals surface area contributed by atoms with Gasteiger partial charge in [-0.2, -0.15) is 0 Å². The minimum atomic E-state index is 0. The van der Waals surface area contributed by atoms with Crippen LogP contribution in [0.2, 0.25) is 0 Å². The second-order valence-corrected chi connectivity index (χ2v) is 9.41. The Bertz CT molecular complexity index is 428. The summed E-state index contributed by atoms with van der Waals surface area (Å²) in [6.07, 6.45) is 17.4. The van der Waals surface area contributed by atoms with Crippen LogP contribution in [-0.4, -0.2) is 0 Å². The fraction of sp³-hybridized carbons (Fsp3) is 0.913. The summed E-state index contributed by atoms with van der Waals surface area (Å²) in [7, 11) is 0. The van der Waals surface area contributed by atoms with E-state index < -0.39 is 0 Å². The first-order valence-corrected chi connectivity index (χ1v) is 10.8. The van der Waals surface area contributed by atoms with Crippen molar-refractivity contribution in [2.24, 2.45) is 46.8 Å². The zero-order valence-electron chi connectivity index (χ0n) is 17.1. The quantitative estimate of drug-likeness (QED) is 0.465. The first-order valence-electron chi connectivity index (χ1n) is 10.8. The van der Waals surface area contributed by atoms with Gasteiger partial charge < -0.3 is 6.15 Å². The van der Waals surface area contributed by atoms with E-state index in [0.717, 1.165) is 46.8 Å². The lowest BCUT2D eigenvalue weighted by Crippen LogP contribution is -2.47. The molecule has 0 amide bonds. The number of hydrogen-bond acceptors (Lipinski definition) is 1. The Morgan fingerprint density at radius 3 is 2.33 bits per heavy atom. The highest BCUT2D eigenvalue weighted by Crippen LogP contribution is 2.62. The van der Waals surface area contributed by atoms with Gasteiger partial charge in [0.1, 0.15) is 0 Å².